The maximum absolute atomic E-state index is 11.3. The summed E-state index contributed by atoms with van der Waals surface area (Å²) in [5.41, 5.74) is 0. The first-order valence-corrected chi connectivity index (χ1v) is 4.33. The van der Waals surface area contributed by atoms with Crippen molar-refractivity contribution >= 4 is 6.03 Å². The lowest BCUT2D eigenvalue weighted by atomic mass is 10.3. The van der Waals surface area contributed by atoms with E-state index in [0.717, 1.165) is 19.5 Å². The fourth-order valence-electron chi connectivity index (χ4n) is 1.37. The van der Waals surface area contributed by atoms with E-state index in [-0.39, 0.29) is 12.1 Å². The molecule has 0 aromatic carbocycles. The summed E-state index contributed by atoms with van der Waals surface area (Å²) in [4.78, 5) is 13.1. The molecule has 12 heavy (non-hydrogen) atoms. The summed E-state index contributed by atoms with van der Waals surface area (Å²) in [6, 6.07) is 0.0250. The predicted molar refractivity (Wildman–Crippen MR) is 46.1 cm³/mol. The normalized spacial score (nSPS) is 22.8. The van der Waals surface area contributed by atoms with Crippen LogP contribution >= 0.6 is 0 Å². The van der Waals surface area contributed by atoms with E-state index >= 15 is 0 Å². The molecule has 1 fully saturated rings. The summed E-state index contributed by atoms with van der Waals surface area (Å²) in [5.74, 6) is 0. The van der Waals surface area contributed by atoms with Crippen molar-refractivity contribution in [3.63, 3.8) is 0 Å². The van der Waals surface area contributed by atoms with Crippen molar-refractivity contribution in [1.82, 2.24) is 10.2 Å². The molecule has 0 saturated carbocycles. The van der Waals surface area contributed by atoms with Gasteiger partial charge >= 0.3 is 6.03 Å². The van der Waals surface area contributed by atoms with E-state index < -0.39 is 0 Å². The van der Waals surface area contributed by atoms with Gasteiger partial charge in [0.05, 0.1) is 6.10 Å². The molecule has 2 amide bonds. The van der Waals surface area contributed by atoms with Gasteiger partial charge in [0, 0.05) is 26.7 Å². The van der Waals surface area contributed by atoms with Gasteiger partial charge in [-0.3, -0.25) is 0 Å². The Labute approximate surface area is 72.9 Å². The van der Waals surface area contributed by atoms with Crippen LogP contribution in [0.3, 0.4) is 0 Å². The molecule has 0 aliphatic carbocycles. The molecule has 0 aromatic rings. The van der Waals surface area contributed by atoms with Gasteiger partial charge in [-0.05, 0) is 13.3 Å². The van der Waals surface area contributed by atoms with Crippen LogP contribution in [0.4, 0.5) is 4.79 Å². The molecule has 70 valence electrons. The van der Waals surface area contributed by atoms with E-state index in [9.17, 15) is 4.79 Å². The predicted octanol–water partition coefficient (Wildman–Crippen LogP) is 0.437. The van der Waals surface area contributed by atoms with Crippen molar-refractivity contribution in [3.05, 3.63) is 0 Å². The van der Waals surface area contributed by atoms with E-state index in [4.69, 9.17) is 4.74 Å². The monoisotopic (exact) mass is 172 g/mol. The minimum Gasteiger partial charge on any atom is -0.380 e. The molecule has 4 heteroatoms. The van der Waals surface area contributed by atoms with Crippen molar-refractivity contribution in [2.75, 3.05) is 26.7 Å². The van der Waals surface area contributed by atoms with Crippen LogP contribution in [0.1, 0.15) is 13.3 Å². The second kappa shape index (κ2) is 4.30. The Morgan fingerprint density at radius 1 is 1.75 bits per heavy atom. The molecule has 4 nitrogen and oxygen atoms in total. The van der Waals surface area contributed by atoms with Crippen LogP contribution in [-0.2, 0) is 4.74 Å². The third-order valence-electron chi connectivity index (χ3n) is 2.09. The quantitative estimate of drug-likeness (QED) is 0.656. The highest BCUT2D eigenvalue weighted by Gasteiger charge is 2.25. The van der Waals surface area contributed by atoms with Gasteiger partial charge in [-0.25, -0.2) is 4.79 Å². The molecule has 1 heterocycles. The third-order valence-corrected chi connectivity index (χ3v) is 2.09. The van der Waals surface area contributed by atoms with E-state index in [1.165, 1.54) is 0 Å². The zero-order valence-electron chi connectivity index (χ0n) is 7.67. The molecule has 0 bridgehead atoms. The summed E-state index contributed by atoms with van der Waals surface area (Å²) >= 11 is 0. The minimum absolute atomic E-state index is 0.0250. The Morgan fingerprint density at radius 2 is 2.50 bits per heavy atom. The first kappa shape index (κ1) is 9.32. The molecule has 1 atom stereocenters. The summed E-state index contributed by atoms with van der Waals surface area (Å²) in [6.07, 6.45) is 1.18. The highest BCUT2D eigenvalue weighted by atomic mass is 16.5. The standard InChI is InChI=1S/C8H16N2O2/c1-3-9-8(11)10-5-4-7(6-10)12-2/h7H,3-6H2,1-2H3,(H,9,11). The Hall–Kier alpha value is -0.770. The van der Waals surface area contributed by atoms with Gasteiger partial charge < -0.3 is 15.0 Å². The lowest BCUT2D eigenvalue weighted by molar-refractivity contribution is 0.110. The number of methoxy groups -OCH3 is 1. The van der Waals surface area contributed by atoms with Gasteiger partial charge in [0.25, 0.3) is 0 Å². The number of hydrogen-bond donors (Lipinski definition) is 1. The van der Waals surface area contributed by atoms with Crippen molar-refractivity contribution in [2.24, 2.45) is 0 Å². The molecule has 1 unspecified atom stereocenters. The smallest absolute Gasteiger partial charge is 0.317 e. The highest BCUT2D eigenvalue weighted by molar-refractivity contribution is 5.74. The maximum atomic E-state index is 11.3. The van der Waals surface area contributed by atoms with Crippen LogP contribution < -0.4 is 5.32 Å². The van der Waals surface area contributed by atoms with Gasteiger partial charge in [0.15, 0.2) is 0 Å². The molecule has 1 aliphatic rings. The topological polar surface area (TPSA) is 41.6 Å². The number of urea groups is 1. The lowest BCUT2D eigenvalue weighted by Gasteiger charge is -2.15. The highest BCUT2D eigenvalue weighted by Crippen LogP contribution is 2.11. The van der Waals surface area contributed by atoms with Crippen LogP contribution in [0.5, 0.6) is 0 Å². The zero-order chi connectivity index (χ0) is 8.97. The van der Waals surface area contributed by atoms with Gasteiger partial charge in [-0.1, -0.05) is 0 Å². The number of nitrogens with zero attached hydrogens (tertiary/aromatic N) is 1. The molecule has 1 rings (SSSR count). The van der Waals surface area contributed by atoms with Crippen LogP contribution in [0.15, 0.2) is 0 Å². The van der Waals surface area contributed by atoms with Crippen molar-refractivity contribution < 1.29 is 9.53 Å². The maximum Gasteiger partial charge on any atom is 0.317 e. The number of nitrogens with one attached hydrogen (secondary N) is 1. The number of ether oxygens (including phenoxy) is 1. The minimum atomic E-state index is 0.0250. The van der Waals surface area contributed by atoms with Crippen LogP contribution in [0.25, 0.3) is 0 Å². The first-order chi connectivity index (χ1) is 5.77. The number of carbonyl (C=O) groups excluding carboxylic acids is 1. The zero-order valence-corrected chi connectivity index (χ0v) is 7.67. The third kappa shape index (κ3) is 2.11. The largest absolute Gasteiger partial charge is 0.380 e. The van der Waals surface area contributed by atoms with E-state index in [1.807, 2.05) is 6.92 Å². The van der Waals surface area contributed by atoms with Gasteiger partial charge in [0.2, 0.25) is 0 Å². The molecular weight excluding hydrogens is 156 g/mol. The number of hydrogen-bond acceptors (Lipinski definition) is 2. The Balaban J connectivity index is 2.31. The summed E-state index contributed by atoms with van der Waals surface area (Å²) < 4.78 is 5.15. The Morgan fingerprint density at radius 3 is 3.00 bits per heavy atom. The summed E-state index contributed by atoms with van der Waals surface area (Å²) in [7, 11) is 1.69. The Kier molecular flexibility index (Phi) is 3.34. The van der Waals surface area contributed by atoms with E-state index in [0.29, 0.717) is 6.54 Å². The van der Waals surface area contributed by atoms with Crippen molar-refractivity contribution in [2.45, 2.75) is 19.4 Å². The van der Waals surface area contributed by atoms with Crippen molar-refractivity contribution in [3.8, 4) is 0 Å². The van der Waals surface area contributed by atoms with E-state index in [2.05, 4.69) is 5.32 Å². The second-order valence-corrected chi connectivity index (χ2v) is 2.93. The molecule has 0 aromatic heterocycles. The number of carbonyl (C=O) groups is 1. The van der Waals surface area contributed by atoms with Crippen LogP contribution in [0, 0.1) is 0 Å². The average molecular weight is 172 g/mol. The number of amides is 2. The average Bonchev–Trinajstić information content (AvgIpc) is 2.52. The molecule has 0 spiro atoms. The van der Waals surface area contributed by atoms with Crippen molar-refractivity contribution in [1.29, 1.82) is 0 Å². The fraction of sp³-hybridized carbons (Fsp3) is 0.875. The van der Waals surface area contributed by atoms with Gasteiger partial charge in [-0.2, -0.15) is 0 Å². The SMILES string of the molecule is CCNC(=O)N1CCC(OC)C1. The first-order valence-electron chi connectivity index (χ1n) is 4.33. The van der Waals surface area contributed by atoms with Crippen LogP contribution in [0.2, 0.25) is 0 Å². The Bertz CT molecular complexity index is 161. The van der Waals surface area contributed by atoms with Gasteiger partial charge in [-0.15, -0.1) is 0 Å². The summed E-state index contributed by atoms with van der Waals surface area (Å²) in [6.45, 7) is 4.14. The number of rotatable bonds is 2. The molecule has 1 saturated heterocycles. The van der Waals surface area contributed by atoms with Crippen LogP contribution in [-0.4, -0.2) is 43.8 Å². The number of likely N-dealkylation sites (tertiary alicyclic amines) is 1. The summed E-state index contributed by atoms with van der Waals surface area (Å²) in [5, 5.41) is 2.76. The van der Waals surface area contributed by atoms with E-state index in [1.54, 1.807) is 12.0 Å². The molecule has 1 aliphatic heterocycles. The lowest BCUT2D eigenvalue weighted by Crippen LogP contribution is -2.38. The van der Waals surface area contributed by atoms with Gasteiger partial charge in [0.1, 0.15) is 0 Å². The molecule has 0 radical (unpaired) electrons. The molecular formula is C8H16N2O2. The fourth-order valence-corrected chi connectivity index (χ4v) is 1.37. The second-order valence-electron chi connectivity index (χ2n) is 2.93. The molecule has 1 N–H and O–H groups in total.